The summed E-state index contributed by atoms with van der Waals surface area (Å²) in [5, 5.41) is 4.00. The Morgan fingerprint density at radius 1 is 1.60 bits per heavy atom. The molecule has 0 bridgehead atoms. The molecule has 0 fully saturated rings. The quantitative estimate of drug-likeness (QED) is 0.808. The summed E-state index contributed by atoms with van der Waals surface area (Å²) in [4.78, 5) is 16.7. The Morgan fingerprint density at radius 2 is 2.40 bits per heavy atom. The summed E-state index contributed by atoms with van der Waals surface area (Å²) >= 11 is 1.69. The van der Waals surface area contributed by atoms with Gasteiger partial charge in [0.1, 0.15) is 0 Å². The van der Waals surface area contributed by atoms with E-state index in [1.54, 1.807) is 11.3 Å². The van der Waals surface area contributed by atoms with Crippen molar-refractivity contribution >= 4 is 17.2 Å². The van der Waals surface area contributed by atoms with Crippen LogP contribution in [0.5, 0.6) is 0 Å². The molecule has 0 aromatic carbocycles. The summed E-state index contributed by atoms with van der Waals surface area (Å²) in [5.74, 6) is 0.165. The fourth-order valence-electron chi connectivity index (χ4n) is 1.27. The molecule has 1 rings (SSSR count). The van der Waals surface area contributed by atoms with Crippen LogP contribution in [0.25, 0.3) is 0 Å². The molecule has 1 aromatic heterocycles. The molecular weight excluding hydrogens is 208 g/mol. The average molecular weight is 226 g/mol. The van der Waals surface area contributed by atoms with Gasteiger partial charge in [0, 0.05) is 30.5 Å². The van der Waals surface area contributed by atoms with E-state index in [0.29, 0.717) is 6.42 Å². The lowest BCUT2D eigenvalue weighted by Gasteiger charge is -2.02. The second-order valence-electron chi connectivity index (χ2n) is 3.55. The minimum atomic E-state index is 0.165. The minimum absolute atomic E-state index is 0.165. The van der Waals surface area contributed by atoms with E-state index < -0.39 is 0 Å². The second kappa shape index (κ2) is 6.56. The maximum atomic E-state index is 11.3. The van der Waals surface area contributed by atoms with Crippen LogP contribution in [0.1, 0.15) is 36.1 Å². The van der Waals surface area contributed by atoms with Crippen LogP contribution >= 0.6 is 11.3 Å². The first-order valence-electron chi connectivity index (χ1n) is 5.40. The number of aromatic nitrogens is 1. The molecule has 84 valence electrons. The summed E-state index contributed by atoms with van der Waals surface area (Å²) in [6.07, 6.45) is 5.48. The van der Waals surface area contributed by atoms with Gasteiger partial charge in [0.05, 0.1) is 5.01 Å². The van der Waals surface area contributed by atoms with E-state index in [-0.39, 0.29) is 5.91 Å². The highest BCUT2D eigenvalue weighted by molar-refractivity contribution is 7.11. The maximum absolute atomic E-state index is 11.3. The molecule has 0 saturated carbocycles. The van der Waals surface area contributed by atoms with Crippen LogP contribution in [0.4, 0.5) is 0 Å². The zero-order valence-corrected chi connectivity index (χ0v) is 10.2. The van der Waals surface area contributed by atoms with Crippen molar-refractivity contribution in [1.82, 2.24) is 10.3 Å². The number of nitrogens with zero attached hydrogens (tertiary/aromatic N) is 1. The van der Waals surface area contributed by atoms with Crippen molar-refractivity contribution in [2.24, 2.45) is 0 Å². The van der Waals surface area contributed by atoms with Crippen molar-refractivity contribution in [3.8, 4) is 0 Å². The van der Waals surface area contributed by atoms with Crippen LogP contribution in [-0.4, -0.2) is 17.4 Å². The number of carbonyl (C=O) groups excluding carboxylic acids is 1. The molecule has 0 aliphatic carbocycles. The zero-order chi connectivity index (χ0) is 11.1. The molecule has 0 atom stereocenters. The lowest BCUT2D eigenvalue weighted by Crippen LogP contribution is -2.25. The van der Waals surface area contributed by atoms with Crippen molar-refractivity contribution in [2.45, 2.75) is 39.5 Å². The lowest BCUT2D eigenvalue weighted by molar-refractivity contribution is -0.121. The Morgan fingerprint density at radius 3 is 3.00 bits per heavy atom. The van der Waals surface area contributed by atoms with Crippen LogP contribution in [0, 0.1) is 6.92 Å². The number of rotatable bonds is 6. The lowest BCUT2D eigenvalue weighted by atomic mass is 10.2. The average Bonchev–Trinajstić information content (AvgIpc) is 2.61. The first-order chi connectivity index (χ1) is 7.22. The van der Waals surface area contributed by atoms with Gasteiger partial charge in [-0.2, -0.15) is 0 Å². The molecule has 1 amide bonds. The topological polar surface area (TPSA) is 42.0 Å². The normalized spacial score (nSPS) is 10.3. The van der Waals surface area contributed by atoms with Crippen LogP contribution < -0.4 is 5.32 Å². The molecule has 0 radical (unpaired) electrons. The van der Waals surface area contributed by atoms with Gasteiger partial charge in [-0.3, -0.25) is 4.79 Å². The smallest absolute Gasteiger partial charge is 0.220 e. The summed E-state index contributed by atoms with van der Waals surface area (Å²) in [5.41, 5.74) is 0. The van der Waals surface area contributed by atoms with Gasteiger partial charge in [0.15, 0.2) is 0 Å². The molecule has 3 nitrogen and oxygen atoms in total. The number of nitrogens with one attached hydrogen (secondary N) is 1. The zero-order valence-electron chi connectivity index (χ0n) is 9.38. The Labute approximate surface area is 94.9 Å². The summed E-state index contributed by atoms with van der Waals surface area (Å²) in [6.45, 7) is 4.81. The molecule has 0 unspecified atom stereocenters. The highest BCUT2D eigenvalue weighted by Gasteiger charge is 2.01. The van der Waals surface area contributed by atoms with E-state index in [4.69, 9.17) is 0 Å². The first-order valence-corrected chi connectivity index (χ1v) is 6.22. The Bertz CT molecular complexity index is 309. The van der Waals surface area contributed by atoms with Gasteiger partial charge in [0.2, 0.25) is 5.91 Å². The molecule has 0 aliphatic rings. The minimum Gasteiger partial charge on any atom is -0.356 e. The summed E-state index contributed by atoms with van der Waals surface area (Å²) in [7, 11) is 0. The number of hydrogen-bond acceptors (Lipinski definition) is 3. The number of carbonyl (C=O) groups is 1. The predicted molar refractivity (Wildman–Crippen MR) is 63.1 cm³/mol. The highest BCUT2D eigenvalue weighted by atomic mass is 32.1. The van der Waals surface area contributed by atoms with E-state index in [2.05, 4.69) is 17.2 Å². The van der Waals surface area contributed by atoms with Crippen molar-refractivity contribution < 1.29 is 4.79 Å². The molecule has 1 aromatic rings. The third kappa shape index (κ3) is 4.93. The van der Waals surface area contributed by atoms with Crippen molar-refractivity contribution in [3.63, 3.8) is 0 Å². The third-order valence-electron chi connectivity index (χ3n) is 2.12. The number of aryl methyl sites for hydroxylation is 1. The molecular formula is C11H18N2OS. The molecule has 0 saturated heterocycles. The van der Waals surface area contributed by atoms with Gasteiger partial charge in [0.25, 0.3) is 0 Å². The maximum Gasteiger partial charge on any atom is 0.220 e. The largest absolute Gasteiger partial charge is 0.356 e. The van der Waals surface area contributed by atoms with E-state index >= 15 is 0 Å². The highest BCUT2D eigenvalue weighted by Crippen LogP contribution is 2.11. The van der Waals surface area contributed by atoms with E-state index in [1.807, 2.05) is 13.1 Å². The predicted octanol–water partition coefficient (Wildman–Crippen LogP) is 2.30. The van der Waals surface area contributed by atoms with Crippen molar-refractivity contribution in [2.75, 3.05) is 6.54 Å². The number of unbranched alkanes of at least 4 members (excludes halogenated alkanes) is 1. The van der Waals surface area contributed by atoms with Crippen LogP contribution in [0.15, 0.2) is 6.20 Å². The van der Waals surface area contributed by atoms with Gasteiger partial charge < -0.3 is 5.32 Å². The third-order valence-corrected chi connectivity index (χ3v) is 3.09. The molecule has 1 N–H and O–H groups in total. The SMILES string of the molecule is CCCCC(=O)NCCc1cnc(C)s1. The van der Waals surface area contributed by atoms with E-state index in [1.165, 1.54) is 4.88 Å². The number of hydrogen-bond donors (Lipinski definition) is 1. The van der Waals surface area contributed by atoms with Gasteiger partial charge in [-0.1, -0.05) is 13.3 Å². The molecule has 4 heteroatoms. The number of thiazole rings is 1. The monoisotopic (exact) mass is 226 g/mol. The molecule has 1 heterocycles. The van der Waals surface area contributed by atoms with E-state index in [9.17, 15) is 4.79 Å². The second-order valence-corrected chi connectivity index (χ2v) is 4.87. The van der Waals surface area contributed by atoms with Gasteiger partial charge in [-0.25, -0.2) is 4.98 Å². The fourth-order valence-corrected chi connectivity index (χ4v) is 2.07. The fraction of sp³-hybridized carbons (Fsp3) is 0.636. The van der Waals surface area contributed by atoms with Crippen molar-refractivity contribution in [3.05, 3.63) is 16.1 Å². The number of amides is 1. The Kier molecular flexibility index (Phi) is 5.32. The molecule has 15 heavy (non-hydrogen) atoms. The molecule has 0 spiro atoms. The standard InChI is InChI=1S/C11H18N2OS/c1-3-4-5-11(14)12-7-6-10-8-13-9(2)15-10/h8H,3-7H2,1-2H3,(H,12,14). The summed E-state index contributed by atoms with van der Waals surface area (Å²) in [6, 6.07) is 0. The Hall–Kier alpha value is -0.900. The van der Waals surface area contributed by atoms with Crippen molar-refractivity contribution in [1.29, 1.82) is 0 Å². The first kappa shape index (κ1) is 12.2. The van der Waals surface area contributed by atoms with Gasteiger partial charge in [-0.05, 0) is 13.3 Å². The van der Waals surface area contributed by atoms with Gasteiger partial charge in [-0.15, -0.1) is 11.3 Å². The van der Waals surface area contributed by atoms with E-state index in [0.717, 1.165) is 30.8 Å². The van der Waals surface area contributed by atoms with Crippen LogP contribution in [-0.2, 0) is 11.2 Å². The van der Waals surface area contributed by atoms with Crippen LogP contribution in [0.2, 0.25) is 0 Å². The Balaban J connectivity index is 2.13. The van der Waals surface area contributed by atoms with Gasteiger partial charge >= 0.3 is 0 Å². The van der Waals surface area contributed by atoms with Crippen LogP contribution in [0.3, 0.4) is 0 Å². The molecule has 0 aliphatic heterocycles. The summed E-state index contributed by atoms with van der Waals surface area (Å²) < 4.78 is 0.